The fourth-order valence-electron chi connectivity index (χ4n) is 1.86. The lowest BCUT2D eigenvalue weighted by Gasteiger charge is -2.13. The van der Waals surface area contributed by atoms with E-state index in [0.29, 0.717) is 12.3 Å². The summed E-state index contributed by atoms with van der Waals surface area (Å²) < 4.78 is 0. The third kappa shape index (κ3) is 5.82. The van der Waals surface area contributed by atoms with Crippen LogP contribution in [0.5, 0.6) is 5.75 Å². The molecule has 0 fully saturated rings. The predicted octanol–water partition coefficient (Wildman–Crippen LogP) is 3.05. The van der Waals surface area contributed by atoms with Crippen LogP contribution in [0.1, 0.15) is 32.8 Å². The number of benzene rings is 1. The number of anilines is 1. The van der Waals surface area contributed by atoms with Crippen molar-refractivity contribution in [3.05, 3.63) is 23.8 Å². The number of hydrogen-bond donors (Lipinski definition) is 4. The summed E-state index contributed by atoms with van der Waals surface area (Å²) in [7, 11) is 0. The van der Waals surface area contributed by atoms with Crippen molar-refractivity contribution in [1.82, 2.24) is 5.32 Å². The molecule has 4 N–H and O–H groups in total. The van der Waals surface area contributed by atoms with Crippen LogP contribution in [0.2, 0.25) is 0 Å². The molecule has 0 aromatic heterocycles. The summed E-state index contributed by atoms with van der Waals surface area (Å²) >= 11 is 0. The Hall–Kier alpha value is -1.91. The molecule has 0 heterocycles. The molecule has 1 atom stereocenters. The van der Waals surface area contributed by atoms with Crippen molar-refractivity contribution >= 4 is 11.8 Å². The number of phenols is 1. The fraction of sp³-hybridized carbons (Fsp3) is 0.533. The Morgan fingerprint density at radius 1 is 1.30 bits per heavy atom. The Balaban J connectivity index is 2.52. The van der Waals surface area contributed by atoms with Gasteiger partial charge in [-0.05, 0) is 43.4 Å². The number of rotatable bonds is 7. The number of aryl methyl sites for hydroxylation is 1. The molecule has 1 amide bonds. The Kier molecular flexibility index (Phi) is 6.15. The van der Waals surface area contributed by atoms with Crippen LogP contribution in [0.3, 0.4) is 0 Å². The Morgan fingerprint density at radius 2 is 2.00 bits per heavy atom. The number of carboxylic acid groups (broad SMARTS) is 1. The van der Waals surface area contributed by atoms with Crippen molar-refractivity contribution in [1.29, 1.82) is 0 Å². The molecule has 0 aliphatic heterocycles. The Morgan fingerprint density at radius 3 is 2.55 bits per heavy atom. The summed E-state index contributed by atoms with van der Waals surface area (Å²) in [6.45, 7) is 6.85. The number of carbonyl (C=O) groups is 1. The van der Waals surface area contributed by atoms with Gasteiger partial charge in [-0.2, -0.15) is 0 Å². The van der Waals surface area contributed by atoms with Crippen molar-refractivity contribution < 1.29 is 15.0 Å². The standard InChI is InChI=1S/C15H24N2O3/c1-10(2)9-16-13-7-6-12(8-14(13)18)5-4-11(3)17-15(19)20/h6-8,10-11,16-18H,4-5,9H2,1-3H3,(H,19,20). The van der Waals surface area contributed by atoms with Gasteiger partial charge in [-0.1, -0.05) is 19.9 Å². The second kappa shape index (κ2) is 7.62. The first-order valence-corrected chi connectivity index (χ1v) is 6.93. The quantitative estimate of drug-likeness (QED) is 0.579. The molecule has 1 aromatic rings. The predicted molar refractivity (Wildman–Crippen MR) is 80.4 cm³/mol. The van der Waals surface area contributed by atoms with Crippen molar-refractivity contribution in [3.8, 4) is 5.75 Å². The molecule has 0 spiro atoms. The second-order valence-corrected chi connectivity index (χ2v) is 5.52. The van der Waals surface area contributed by atoms with Crippen LogP contribution in [0, 0.1) is 5.92 Å². The van der Waals surface area contributed by atoms with Crippen molar-refractivity contribution in [2.24, 2.45) is 5.92 Å². The highest BCUT2D eigenvalue weighted by molar-refractivity contribution is 5.64. The molecule has 0 radical (unpaired) electrons. The lowest BCUT2D eigenvalue weighted by atomic mass is 10.1. The molecule has 1 aromatic carbocycles. The molecule has 0 saturated carbocycles. The van der Waals surface area contributed by atoms with Gasteiger partial charge in [-0.15, -0.1) is 0 Å². The molecule has 20 heavy (non-hydrogen) atoms. The van der Waals surface area contributed by atoms with E-state index in [0.717, 1.165) is 24.2 Å². The van der Waals surface area contributed by atoms with Gasteiger partial charge in [0.25, 0.3) is 0 Å². The van der Waals surface area contributed by atoms with Gasteiger partial charge in [0.2, 0.25) is 0 Å². The zero-order valence-electron chi connectivity index (χ0n) is 12.3. The minimum absolute atomic E-state index is 0.103. The first-order chi connectivity index (χ1) is 9.38. The third-order valence-corrected chi connectivity index (χ3v) is 3.00. The van der Waals surface area contributed by atoms with Crippen LogP contribution in [0.4, 0.5) is 10.5 Å². The zero-order chi connectivity index (χ0) is 15.1. The Bertz CT molecular complexity index is 447. The number of amides is 1. The molecule has 5 heteroatoms. The fourth-order valence-corrected chi connectivity index (χ4v) is 1.86. The van der Waals surface area contributed by atoms with Crippen LogP contribution >= 0.6 is 0 Å². The first kappa shape index (κ1) is 16.1. The zero-order valence-corrected chi connectivity index (χ0v) is 12.3. The highest BCUT2D eigenvalue weighted by Gasteiger charge is 2.07. The molecule has 0 aliphatic rings. The minimum atomic E-state index is -1.01. The van der Waals surface area contributed by atoms with Gasteiger partial charge < -0.3 is 20.8 Å². The molecule has 112 valence electrons. The van der Waals surface area contributed by atoms with E-state index in [1.807, 2.05) is 19.1 Å². The maximum atomic E-state index is 10.5. The largest absolute Gasteiger partial charge is 0.506 e. The van der Waals surface area contributed by atoms with Crippen LogP contribution in [-0.4, -0.2) is 28.9 Å². The highest BCUT2D eigenvalue weighted by atomic mass is 16.4. The second-order valence-electron chi connectivity index (χ2n) is 5.52. The normalized spacial score (nSPS) is 12.2. The number of aromatic hydroxyl groups is 1. The number of nitrogens with one attached hydrogen (secondary N) is 2. The Labute approximate surface area is 120 Å². The van der Waals surface area contributed by atoms with Crippen molar-refractivity contribution in [3.63, 3.8) is 0 Å². The molecule has 5 nitrogen and oxygen atoms in total. The number of hydrogen-bond acceptors (Lipinski definition) is 3. The third-order valence-electron chi connectivity index (χ3n) is 3.00. The molecular formula is C15H24N2O3. The minimum Gasteiger partial charge on any atom is -0.506 e. The van der Waals surface area contributed by atoms with Crippen LogP contribution in [0.25, 0.3) is 0 Å². The number of phenolic OH excluding ortho intramolecular Hbond substituents is 1. The van der Waals surface area contributed by atoms with E-state index in [4.69, 9.17) is 5.11 Å². The molecule has 0 saturated heterocycles. The highest BCUT2D eigenvalue weighted by Crippen LogP contribution is 2.25. The van der Waals surface area contributed by atoms with E-state index < -0.39 is 6.09 Å². The van der Waals surface area contributed by atoms with Gasteiger partial charge in [0.1, 0.15) is 5.75 Å². The first-order valence-electron chi connectivity index (χ1n) is 6.93. The maximum absolute atomic E-state index is 10.5. The van der Waals surface area contributed by atoms with Crippen LogP contribution in [-0.2, 0) is 6.42 Å². The lowest BCUT2D eigenvalue weighted by molar-refractivity contribution is 0.190. The van der Waals surface area contributed by atoms with E-state index in [2.05, 4.69) is 24.5 Å². The van der Waals surface area contributed by atoms with Gasteiger partial charge in [0.15, 0.2) is 0 Å². The average molecular weight is 280 g/mol. The van der Waals surface area contributed by atoms with Gasteiger partial charge >= 0.3 is 6.09 Å². The lowest BCUT2D eigenvalue weighted by Crippen LogP contribution is -2.31. The van der Waals surface area contributed by atoms with E-state index in [1.54, 1.807) is 6.07 Å². The monoisotopic (exact) mass is 280 g/mol. The smallest absolute Gasteiger partial charge is 0.404 e. The molecule has 0 aliphatic carbocycles. The summed E-state index contributed by atoms with van der Waals surface area (Å²) in [6.07, 6.45) is 0.415. The van der Waals surface area contributed by atoms with E-state index in [9.17, 15) is 9.90 Å². The van der Waals surface area contributed by atoms with Crippen LogP contribution < -0.4 is 10.6 Å². The summed E-state index contributed by atoms with van der Waals surface area (Å²) in [6, 6.07) is 5.45. The van der Waals surface area contributed by atoms with E-state index >= 15 is 0 Å². The molecule has 1 unspecified atom stereocenters. The molecular weight excluding hydrogens is 256 g/mol. The molecule has 0 bridgehead atoms. The maximum Gasteiger partial charge on any atom is 0.404 e. The van der Waals surface area contributed by atoms with Gasteiger partial charge in [-0.3, -0.25) is 0 Å². The topological polar surface area (TPSA) is 81.6 Å². The summed E-state index contributed by atoms with van der Waals surface area (Å²) in [5.74, 6) is 0.749. The van der Waals surface area contributed by atoms with Gasteiger partial charge in [0, 0.05) is 12.6 Å². The van der Waals surface area contributed by atoms with E-state index in [-0.39, 0.29) is 11.8 Å². The molecule has 1 rings (SSSR count). The van der Waals surface area contributed by atoms with Gasteiger partial charge in [0.05, 0.1) is 5.69 Å². The van der Waals surface area contributed by atoms with Crippen molar-refractivity contribution in [2.75, 3.05) is 11.9 Å². The summed E-state index contributed by atoms with van der Waals surface area (Å²) in [5, 5.41) is 24.2. The van der Waals surface area contributed by atoms with Crippen LogP contribution in [0.15, 0.2) is 18.2 Å². The summed E-state index contributed by atoms with van der Waals surface area (Å²) in [5.41, 5.74) is 1.73. The SMILES string of the molecule is CC(C)CNc1ccc(CCC(C)NC(=O)O)cc1O. The average Bonchev–Trinajstić information content (AvgIpc) is 2.34. The van der Waals surface area contributed by atoms with E-state index in [1.165, 1.54) is 0 Å². The van der Waals surface area contributed by atoms with Gasteiger partial charge in [-0.25, -0.2) is 4.79 Å². The van der Waals surface area contributed by atoms with Crippen molar-refractivity contribution in [2.45, 2.75) is 39.7 Å². The summed E-state index contributed by atoms with van der Waals surface area (Å²) in [4.78, 5) is 10.5.